The predicted octanol–water partition coefficient (Wildman–Crippen LogP) is 1.22. The van der Waals surface area contributed by atoms with Crippen LogP contribution in [-0.4, -0.2) is 80.1 Å². The molecule has 2 fully saturated rings. The summed E-state index contributed by atoms with van der Waals surface area (Å²) in [4.78, 5) is 7.81. The zero-order valence-electron chi connectivity index (χ0n) is 13.4. The minimum atomic E-state index is 0.831. The molecular weight excluding hydrogens is 248 g/mol. The maximum Gasteiger partial charge on any atom is 0.0112 e. The highest BCUT2D eigenvalue weighted by Gasteiger charge is 2.22. The molecular formula is C16H34N4. The largest absolute Gasteiger partial charge is 0.330 e. The SMILES string of the molecule is CN1CCN(CCN(CCCN)C2CCCCC2)CC1. The third-order valence-corrected chi connectivity index (χ3v) is 5.04. The van der Waals surface area contributed by atoms with Crippen LogP contribution in [0.2, 0.25) is 0 Å². The van der Waals surface area contributed by atoms with Gasteiger partial charge in [0.05, 0.1) is 0 Å². The van der Waals surface area contributed by atoms with Gasteiger partial charge in [0.15, 0.2) is 0 Å². The highest BCUT2D eigenvalue weighted by atomic mass is 15.3. The van der Waals surface area contributed by atoms with Crippen molar-refractivity contribution in [2.24, 2.45) is 5.73 Å². The van der Waals surface area contributed by atoms with Gasteiger partial charge in [-0.15, -0.1) is 0 Å². The molecule has 0 amide bonds. The van der Waals surface area contributed by atoms with Crippen LogP contribution in [0.1, 0.15) is 38.5 Å². The molecule has 0 bridgehead atoms. The summed E-state index contributed by atoms with van der Waals surface area (Å²) >= 11 is 0. The lowest BCUT2D eigenvalue weighted by Gasteiger charge is -2.37. The molecule has 1 heterocycles. The second kappa shape index (κ2) is 8.98. The van der Waals surface area contributed by atoms with E-state index >= 15 is 0 Å². The van der Waals surface area contributed by atoms with Crippen LogP contribution < -0.4 is 5.73 Å². The fraction of sp³-hybridized carbons (Fsp3) is 1.00. The number of nitrogens with zero attached hydrogens (tertiary/aromatic N) is 3. The average molecular weight is 282 g/mol. The molecule has 4 nitrogen and oxygen atoms in total. The maximum atomic E-state index is 5.72. The lowest BCUT2D eigenvalue weighted by atomic mass is 9.94. The first kappa shape index (κ1) is 16.2. The van der Waals surface area contributed by atoms with Crippen LogP contribution in [0.3, 0.4) is 0 Å². The van der Waals surface area contributed by atoms with Crippen molar-refractivity contribution in [3.05, 3.63) is 0 Å². The highest BCUT2D eigenvalue weighted by Crippen LogP contribution is 2.22. The van der Waals surface area contributed by atoms with E-state index in [1.807, 2.05) is 0 Å². The van der Waals surface area contributed by atoms with Crippen LogP contribution in [0.5, 0.6) is 0 Å². The molecule has 0 aromatic heterocycles. The summed E-state index contributed by atoms with van der Waals surface area (Å²) in [5.74, 6) is 0. The van der Waals surface area contributed by atoms with Gasteiger partial charge in [-0.25, -0.2) is 0 Å². The molecule has 20 heavy (non-hydrogen) atoms. The standard InChI is InChI=1S/C16H34N4/c1-18-10-12-19(13-11-18)14-15-20(9-5-8-17)16-6-3-2-4-7-16/h16H,2-15,17H2,1H3. The Hall–Kier alpha value is -0.160. The second-order valence-electron chi connectivity index (χ2n) is 6.61. The van der Waals surface area contributed by atoms with E-state index in [4.69, 9.17) is 5.73 Å². The highest BCUT2D eigenvalue weighted by molar-refractivity contribution is 4.78. The van der Waals surface area contributed by atoms with Gasteiger partial charge in [0.2, 0.25) is 0 Å². The van der Waals surface area contributed by atoms with E-state index in [0.717, 1.165) is 19.0 Å². The summed E-state index contributed by atoms with van der Waals surface area (Å²) < 4.78 is 0. The van der Waals surface area contributed by atoms with Crippen molar-refractivity contribution in [2.75, 3.05) is 59.4 Å². The van der Waals surface area contributed by atoms with Crippen molar-refractivity contribution in [1.29, 1.82) is 0 Å². The number of likely N-dealkylation sites (N-methyl/N-ethyl adjacent to an activating group) is 1. The molecule has 0 unspecified atom stereocenters. The van der Waals surface area contributed by atoms with Gasteiger partial charge in [-0.2, -0.15) is 0 Å². The Labute approximate surface area is 125 Å². The van der Waals surface area contributed by atoms with E-state index < -0.39 is 0 Å². The van der Waals surface area contributed by atoms with Crippen molar-refractivity contribution in [2.45, 2.75) is 44.6 Å². The maximum absolute atomic E-state index is 5.72. The van der Waals surface area contributed by atoms with Crippen LogP contribution in [0.25, 0.3) is 0 Å². The third-order valence-electron chi connectivity index (χ3n) is 5.04. The van der Waals surface area contributed by atoms with Crippen molar-refractivity contribution < 1.29 is 0 Å². The fourth-order valence-electron chi connectivity index (χ4n) is 3.56. The number of hydrogen-bond donors (Lipinski definition) is 1. The third kappa shape index (κ3) is 5.32. The summed E-state index contributed by atoms with van der Waals surface area (Å²) in [6.07, 6.45) is 8.27. The Morgan fingerprint density at radius 1 is 1.00 bits per heavy atom. The van der Waals surface area contributed by atoms with Gasteiger partial charge < -0.3 is 10.6 Å². The Balaban J connectivity index is 1.74. The minimum absolute atomic E-state index is 0.831. The number of hydrogen-bond acceptors (Lipinski definition) is 4. The molecule has 0 aromatic rings. The molecule has 1 saturated carbocycles. The lowest BCUT2D eigenvalue weighted by Crippen LogP contribution is -2.48. The molecule has 0 radical (unpaired) electrons. The summed E-state index contributed by atoms with van der Waals surface area (Å²) in [5, 5.41) is 0. The molecule has 4 heteroatoms. The Kier molecular flexibility index (Phi) is 7.28. The smallest absolute Gasteiger partial charge is 0.0112 e. The van der Waals surface area contributed by atoms with Crippen molar-refractivity contribution in [3.8, 4) is 0 Å². The zero-order valence-corrected chi connectivity index (χ0v) is 13.4. The first-order valence-electron chi connectivity index (χ1n) is 8.64. The topological polar surface area (TPSA) is 35.7 Å². The number of piperazine rings is 1. The molecule has 0 spiro atoms. The van der Waals surface area contributed by atoms with Gasteiger partial charge >= 0.3 is 0 Å². The van der Waals surface area contributed by atoms with E-state index in [9.17, 15) is 0 Å². The van der Waals surface area contributed by atoms with Crippen molar-refractivity contribution in [3.63, 3.8) is 0 Å². The van der Waals surface area contributed by atoms with Crippen LogP contribution >= 0.6 is 0 Å². The Bertz CT molecular complexity index is 245. The molecule has 0 atom stereocenters. The van der Waals surface area contributed by atoms with Gasteiger partial charge in [0.25, 0.3) is 0 Å². The zero-order chi connectivity index (χ0) is 14.2. The van der Waals surface area contributed by atoms with Gasteiger partial charge in [0, 0.05) is 45.3 Å². The molecule has 0 aromatic carbocycles. The normalized spacial score (nSPS) is 23.6. The molecule has 1 saturated heterocycles. The number of nitrogens with two attached hydrogens (primary N) is 1. The predicted molar refractivity (Wildman–Crippen MR) is 86.1 cm³/mol. The van der Waals surface area contributed by atoms with E-state index in [0.29, 0.717) is 0 Å². The second-order valence-corrected chi connectivity index (χ2v) is 6.61. The van der Waals surface area contributed by atoms with Crippen molar-refractivity contribution in [1.82, 2.24) is 14.7 Å². The quantitative estimate of drug-likeness (QED) is 0.761. The summed E-state index contributed by atoms with van der Waals surface area (Å²) in [6, 6.07) is 0.836. The molecule has 1 aliphatic carbocycles. The van der Waals surface area contributed by atoms with Crippen LogP contribution in [0.4, 0.5) is 0 Å². The fourth-order valence-corrected chi connectivity index (χ4v) is 3.56. The van der Waals surface area contributed by atoms with E-state index in [2.05, 4.69) is 21.7 Å². The molecule has 118 valence electrons. The Morgan fingerprint density at radius 3 is 2.35 bits per heavy atom. The van der Waals surface area contributed by atoms with Crippen LogP contribution in [-0.2, 0) is 0 Å². The number of rotatable bonds is 7. The van der Waals surface area contributed by atoms with Crippen LogP contribution in [0.15, 0.2) is 0 Å². The van der Waals surface area contributed by atoms with E-state index in [1.165, 1.54) is 77.9 Å². The molecule has 1 aliphatic heterocycles. The Morgan fingerprint density at radius 2 is 1.70 bits per heavy atom. The van der Waals surface area contributed by atoms with Crippen LogP contribution in [0, 0.1) is 0 Å². The summed E-state index contributed by atoms with van der Waals surface area (Å²) in [5.41, 5.74) is 5.72. The van der Waals surface area contributed by atoms with E-state index in [1.54, 1.807) is 0 Å². The summed E-state index contributed by atoms with van der Waals surface area (Å²) in [7, 11) is 2.23. The molecule has 2 N–H and O–H groups in total. The van der Waals surface area contributed by atoms with E-state index in [-0.39, 0.29) is 0 Å². The minimum Gasteiger partial charge on any atom is -0.330 e. The molecule has 2 aliphatic rings. The monoisotopic (exact) mass is 282 g/mol. The average Bonchev–Trinajstić information content (AvgIpc) is 2.50. The van der Waals surface area contributed by atoms with Gasteiger partial charge in [-0.05, 0) is 39.4 Å². The van der Waals surface area contributed by atoms with Gasteiger partial charge in [-0.1, -0.05) is 19.3 Å². The lowest BCUT2D eigenvalue weighted by molar-refractivity contribution is 0.106. The molecule has 2 rings (SSSR count). The van der Waals surface area contributed by atoms with Gasteiger partial charge in [-0.3, -0.25) is 9.80 Å². The first-order chi connectivity index (χ1) is 9.79. The first-order valence-corrected chi connectivity index (χ1v) is 8.64. The summed E-state index contributed by atoms with van der Waals surface area (Å²) in [6.45, 7) is 9.46. The van der Waals surface area contributed by atoms with Crippen molar-refractivity contribution >= 4 is 0 Å². The van der Waals surface area contributed by atoms with Gasteiger partial charge in [0.1, 0.15) is 0 Å².